The Hall–Kier alpha value is -4.54. The molecule has 3 aromatic carbocycles. The maximum Gasteiger partial charge on any atom is 0.308 e. The molecule has 0 radical (unpaired) electrons. The molecule has 1 heterocycles. The van der Waals surface area contributed by atoms with Crippen LogP contribution >= 0.6 is 0 Å². The van der Waals surface area contributed by atoms with Crippen LogP contribution < -0.4 is 5.32 Å². The number of ether oxygens (including phenoxy) is 5. The molecule has 10 nitrogen and oxygen atoms in total. The lowest BCUT2D eigenvalue weighted by Crippen LogP contribution is -2.67. The van der Waals surface area contributed by atoms with E-state index in [1.807, 2.05) is 112 Å². The van der Waals surface area contributed by atoms with Gasteiger partial charge in [0, 0.05) is 26.2 Å². The molecule has 1 unspecified atom stereocenters. The molecule has 1 amide bonds. The van der Waals surface area contributed by atoms with Crippen molar-refractivity contribution in [2.24, 2.45) is 0 Å². The lowest BCUT2D eigenvalue weighted by atomic mass is 9.80. The van der Waals surface area contributed by atoms with E-state index in [1.165, 1.54) is 6.92 Å². The molecule has 4 rings (SSSR count). The predicted octanol–water partition coefficient (Wildman–Crippen LogP) is 5.99. The number of carbonyl (C=O) groups is 4. The van der Waals surface area contributed by atoms with Crippen LogP contribution in [0.25, 0.3) is 0 Å². The summed E-state index contributed by atoms with van der Waals surface area (Å²) in [4.78, 5) is 51.5. The van der Waals surface area contributed by atoms with Gasteiger partial charge in [0.1, 0.15) is 17.7 Å². The average molecular weight is 674 g/mol. The summed E-state index contributed by atoms with van der Waals surface area (Å²) in [5.74, 6) is -2.14. The van der Waals surface area contributed by atoms with Crippen molar-refractivity contribution in [1.82, 2.24) is 5.32 Å². The van der Waals surface area contributed by atoms with Gasteiger partial charge in [-0.15, -0.1) is 0 Å². The quantitative estimate of drug-likeness (QED) is 0.111. The number of hydrogen-bond acceptors (Lipinski definition) is 9. The van der Waals surface area contributed by atoms with Gasteiger partial charge in [0.2, 0.25) is 12.2 Å². The minimum absolute atomic E-state index is 0.0837. The maximum atomic E-state index is 13.1. The Balaban J connectivity index is 1.85. The van der Waals surface area contributed by atoms with Crippen molar-refractivity contribution in [1.29, 1.82) is 0 Å². The molecular formula is C39H47NO9. The second-order valence-corrected chi connectivity index (χ2v) is 12.0. The zero-order chi connectivity index (χ0) is 35.2. The van der Waals surface area contributed by atoms with Gasteiger partial charge in [0.05, 0.1) is 6.61 Å². The SMILES string of the molecule is CCCC(=O)OC1O[C@H](COC(c2ccccc2)(c2ccccc2)c2ccccc2)[C@@H](OC(=O)CCC)[C@H](OC(=O)CCC)[C@H]1NC(C)=O. The molecule has 0 aliphatic carbocycles. The Morgan fingerprint density at radius 1 is 0.633 bits per heavy atom. The summed E-state index contributed by atoms with van der Waals surface area (Å²) < 4.78 is 31.2. The number of amides is 1. The molecule has 1 aliphatic rings. The van der Waals surface area contributed by atoms with Crippen LogP contribution in [0.1, 0.15) is 82.9 Å². The monoisotopic (exact) mass is 673 g/mol. The molecular weight excluding hydrogens is 626 g/mol. The first-order chi connectivity index (χ1) is 23.7. The first-order valence-corrected chi connectivity index (χ1v) is 17.0. The van der Waals surface area contributed by atoms with Gasteiger partial charge in [-0.3, -0.25) is 19.2 Å². The molecule has 49 heavy (non-hydrogen) atoms. The van der Waals surface area contributed by atoms with Crippen LogP contribution in [0.2, 0.25) is 0 Å². The van der Waals surface area contributed by atoms with Crippen LogP contribution in [0.4, 0.5) is 0 Å². The molecule has 262 valence electrons. The van der Waals surface area contributed by atoms with Crippen molar-refractivity contribution in [3.63, 3.8) is 0 Å². The number of rotatable bonds is 16. The third kappa shape index (κ3) is 9.55. The van der Waals surface area contributed by atoms with Gasteiger partial charge < -0.3 is 29.0 Å². The molecule has 5 atom stereocenters. The Labute approximate surface area is 288 Å². The first-order valence-electron chi connectivity index (χ1n) is 17.0. The standard InChI is InChI=1S/C39H47NO9/c1-5-17-32(42)47-36-31(46-38(49-34(44)19-7-3)35(40-27(4)41)37(36)48-33(43)18-6-2)26-45-39(28-20-11-8-12-21-28,29-22-13-9-14-23-29)30-24-15-10-16-25-30/h8-16,20-25,31,35-38H,5-7,17-19,26H2,1-4H3,(H,40,41)/t31-,35-,36-,37-,38?/m1/s1. The molecule has 3 aromatic rings. The van der Waals surface area contributed by atoms with Gasteiger partial charge in [-0.1, -0.05) is 112 Å². The molecule has 1 saturated heterocycles. The van der Waals surface area contributed by atoms with Crippen molar-refractivity contribution < 1.29 is 42.9 Å². The van der Waals surface area contributed by atoms with Crippen LogP contribution in [0, 0.1) is 0 Å². The summed E-state index contributed by atoms with van der Waals surface area (Å²) in [6, 6.07) is 28.0. The second kappa shape index (κ2) is 18.3. The number of nitrogens with one attached hydrogen (secondary N) is 1. The van der Waals surface area contributed by atoms with E-state index in [4.69, 9.17) is 23.7 Å². The van der Waals surface area contributed by atoms with Crippen LogP contribution in [0.5, 0.6) is 0 Å². The second-order valence-electron chi connectivity index (χ2n) is 12.0. The Morgan fingerprint density at radius 2 is 1.04 bits per heavy atom. The zero-order valence-electron chi connectivity index (χ0n) is 28.7. The highest BCUT2D eigenvalue weighted by Gasteiger charge is 2.53. The van der Waals surface area contributed by atoms with Crippen LogP contribution in [-0.4, -0.2) is 61.1 Å². The number of hydrogen-bond donors (Lipinski definition) is 1. The van der Waals surface area contributed by atoms with Crippen LogP contribution in [0.3, 0.4) is 0 Å². The third-order valence-electron chi connectivity index (χ3n) is 8.17. The highest BCUT2D eigenvalue weighted by atomic mass is 16.7. The van der Waals surface area contributed by atoms with E-state index in [1.54, 1.807) is 0 Å². The summed E-state index contributed by atoms with van der Waals surface area (Å²) in [5, 5.41) is 2.73. The van der Waals surface area contributed by atoms with Crippen molar-refractivity contribution >= 4 is 23.8 Å². The van der Waals surface area contributed by atoms with Gasteiger partial charge in [0.25, 0.3) is 0 Å². The molecule has 1 N–H and O–H groups in total. The van der Waals surface area contributed by atoms with Gasteiger partial charge in [-0.25, -0.2) is 0 Å². The average Bonchev–Trinajstić information content (AvgIpc) is 3.09. The summed E-state index contributed by atoms with van der Waals surface area (Å²) in [6.45, 7) is 6.60. The highest BCUT2D eigenvalue weighted by molar-refractivity contribution is 5.74. The Bertz CT molecular complexity index is 1400. The van der Waals surface area contributed by atoms with E-state index in [2.05, 4.69) is 5.32 Å². The topological polar surface area (TPSA) is 126 Å². The van der Waals surface area contributed by atoms with E-state index < -0.39 is 60.1 Å². The van der Waals surface area contributed by atoms with E-state index in [-0.39, 0.29) is 25.9 Å². The highest BCUT2D eigenvalue weighted by Crippen LogP contribution is 2.41. The van der Waals surface area contributed by atoms with E-state index in [9.17, 15) is 19.2 Å². The fourth-order valence-electron chi connectivity index (χ4n) is 6.01. The van der Waals surface area contributed by atoms with Crippen LogP contribution in [0.15, 0.2) is 91.0 Å². The lowest BCUT2D eigenvalue weighted by molar-refractivity contribution is -0.276. The number of esters is 3. The largest absolute Gasteiger partial charge is 0.456 e. The third-order valence-corrected chi connectivity index (χ3v) is 8.17. The van der Waals surface area contributed by atoms with E-state index in [0.29, 0.717) is 19.3 Å². The number of carbonyl (C=O) groups excluding carboxylic acids is 4. The fraction of sp³-hybridized carbons (Fsp3) is 0.436. The normalized spacial score (nSPS) is 20.5. The van der Waals surface area contributed by atoms with Gasteiger partial charge in [0.15, 0.2) is 12.2 Å². The smallest absolute Gasteiger partial charge is 0.308 e. The molecule has 0 saturated carbocycles. The van der Waals surface area contributed by atoms with Crippen LogP contribution in [-0.2, 0) is 48.5 Å². The molecule has 0 aromatic heterocycles. The molecule has 10 heteroatoms. The van der Waals surface area contributed by atoms with Crippen molar-refractivity contribution in [3.8, 4) is 0 Å². The lowest BCUT2D eigenvalue weighted by Gasteiger charge is -2.46. The summed E-state index contributed by atoms with van der Waals surface area (Å²) in [7, 11) is 0. The maximum absolute atomic E-state index is 13.1. The first kappa shape index (κ1) is 37.3. The molecule has 1 fully saturated rings. The molecule has 0 spiro atoms. The predicted molar refractivity (Wildman–Crippen MR) is 182 cm³/mol. The van der Waals surface area contributed by atoms with Crippen molar-refractivity contribution in [3.05, 3.63) is 108 Å². The molecule has 1 aliphatic heterocycles. The Kier molecular flexibility index (Phi) is 13.9. The summed E-state index contributed by atoms with van der Waals surface area (Å²) >= 11 is 0. The summed E-state index contributed by atoms with van der Waals surface area (Å²) in [6.07, 6.45) is -3.14. The molecule has 0 bridgehead atoms. The minimum atomic E-state index is -1.38. The fourth-order valence-corrected chi connectivity index (χ4v) is 6.01. The van der Waals surface area contributed by atoms with E-state index >= 15 is 0 Å². The minimum Gasteiger partial charge on any atom is -0.456 e. The zero-order valence-corrected chi connectivity index (χ0v) is 28.7. The number of benzene rings is 3. The van der Waals surface area contributed by atoms with Crippen molar-refractivity contribution in [2.75, 3.05) is 6.61 Å². The van der Waals surface area contributed by atoms with Gasteiger partial charge >= 0.3 is 17.9 Å². The summed E-state index contributed by atoms with van der Waals surface area (Å²) in [5.41, 5.74) is 1.32. The van der Waals surface area contributed by atoms with E-state index in [0.717, 1.165) is 16.7 Å². The van der Waals surface area contributed by atoms with Crippen molar-refractivity contribution in [2.45, 2.75) is 102 Å². The van der Waals surface area contributed by atoms with Gasteiger partial charge in [-0.2, -0.15) is 0 Å². The Morgan fingerprint density at radius 3 is 1.45 bits per heavy atom. The van der Waals surface area contributed by atoms with Gasteiger partial charge in [-0.05, 0) is 36.0 Å².